The third kappa shape index (κ3) is 3.90. The van der Waals surface area contributed by atoms with E-state index in [1.807, 2.05) is 18.2 Å². The number of nitrogens with zero attached hydrogens (tertiary/aromatic N) is 2. The van der Waals surface area contributed by atoms with Crippen LogP contribution < -0.4 is 4.74 Å². The topological polar surface area (TPSA) is 43.8 Å². The van der Waals surface area contributed by atoms with Crippen LogP contribution in [0.15, 0.2) is 24.4 Å². The molecule has 1 aromatic rings. The largest absolute Gasteiger partial charge is 0.477 e. The van der Waals surface area contributed by atoms with E-state index in [0.717, 1.165) is 51.2 Å². The molecule has 5 heteroatoms. The van der Waals surface area contributed by atoms with E-state index in [9.17, 15) is 0 Å². The highest BCUT2D eigenvalue weighted by Crippen LogP contribution is 2.35. The Hall–Kier alpha value is -1.17. The first kappa shape index (κ1) is 16.3. The minimum atomic E-state index is 0.385. The van der Waals surface area contributed by atoms with E-state index in [2.05, 4.69) is 9.88 Å². The summed E-state index contributed by atoms with van der Waals surface area (Å²) in [5.74, 6) is 2.09. The van der Waals surface area contributed by atoms with Gasteiger partial charge in [0.05, 0.1) is 19.3 Å². The Labute approximate surface area is 144 Å². The van der Waals surface area contributed by atoms with Gasteiger partial charge in [-0.25, -0.2) is 4.98 Å². The first-order chi connectivity index (χ1) is 11.9. The first-order valence-electron chi connectivity index (χ1n) is 9.35. The van der Waals surface area contributed by atoms with Gasteiger partial charge >= 0.3 is 0 Å². The Morgan fingerprint density at radius 1 is 1.12 bits per heavy atom. The van der Waals surface area contributed by atoms with E-state index < -0.39 is 0 Å². The molecule has 0 bridgehead atoms. The van der Waals surface area contributed by atoms with Crippen molar-refractivity contribution in [2.45, 2.75) is 37.8 Å². The van der Waals surface area contributed by atoms with Crippen molar-refractivity contribution >= 4 is 0 Å². The highest BCUT2D eigenvalue weighted by molar-refractivity contribution is 5.09. The number of morpholine rings is 1. The third-order valence-corrected chi connectivity index (χ3v) is 5.69. The molecule has 132 valence electrons. The number of fused-ring (bicyclic) bond motifs is 1. The van der Waals surface area contributed by atoms with Crippen LogP contribution in [0, 0.1) is 11.8 Å². The second kappa shape index (κ2) is 7.81. The fourth-order valence-corrected chi connectivity index (χ4v) is 4.38. The maximum atomic E-state index is 6.07. The zero-order valence-corrected chi connectivity index (χ0v) is 14.3. The lowest BCUT2D eigenvalue weighted by Crippen LogP contribution is -2.50. The maximum absolute atomic E-state index is 6.07. The number of ether oxygens (including phenoxy) is 3. The molecular formula is C19H28N2O3. The van der Waals surface area contributed by atoms with Gasteiger partial charge in [-0.15, -0.1) is 0 Å². The Morgan fingerprint density at radius 2 is 2.04 bits per heavy atom. The summed E-state index contributed by atoms with van der Waals surface area (Å²) in [5.41, 5.74) is 0. The quantitative estimate of drug-likeness (QED) is 0.828. The predicted molar refractivity (Wildman–Crippen MR) is 91.1 cm³/mol. The van der Waals surface area contributed by atoms with Crippen molar-refractivity contribution in [2.75, 3.05) is 39.5 Å². The summed E-state index contributed by atoms with van der Waals surface area (Å²) >= 11 is 0. The van der Waals surface area contributed by atoms with Crippen molar-refractivity contribution in [1.29, 1.82) is 0 Å². The number of pyridine rings is 1. The molecule has 3 fully saturated rings. The van der Waals surface area contributed by atoms with Gasteiger partial charge in [-0.3, -0.25) is 4.90 Å². The Morgan fingerprint density at radius 3 is 2.88 bits per heavy atom. The molecule has 0 unspecified atom stereocenters. The highest BCUT2D eigenvalue weighted by Gasteiger charge is 2.41. The lowest BCUT2D eigenvalue weighted by atomic mass is 9.98. The molecule has 3 atom stereocenters. The highest BCUT2D eigenvalue weighted by atomic mass is 16.5. The number of hydrogen-bond donors (Lipinski definition) is 0. The van der Waals surface area contributed by atoms with Crippen molar-refractivity contribution in [1.82, 2.24) is 9.88 Å². The summed E-state index contributed by atoms with van der Waals surface area (Å²) in [6, 6.07) is 6.38. The summed E-state index contributed by atoms with van der Waals surface area (Å²) in [6.07, 6.45) is 6.88. The standard InChI is InChI=1S/C19H28N2O3/c1-2-6-20-19(3-1)24-14-16-11-17-18(12-16)23-10-7-21(17)13-15-4-8-22-9-5-15/h1-3,6,15-18H,4-5,7-14H2/t16-,17+,18+/m0/s1. The van der Waals surface area contributed by atoms with Gasteiger partial charge in [0.2, 0.25) is 5.88 Å². The van der Waals surface area contributed by atoms with E-state index in [1.165, 1.54) is 25.8 Å². The zero-order valence-electron chi connectivity index (χ0n) is 14.3. The summed E-state index contributed by atoms with van der Waals surface area (Å²) in [5, 5.41) is 0. The monoisotopic (exact) mass is 332 g/mol. The minimum absolute atomic E-state index is 0.385. The van der Waals surface area contributed by atoms with Gasteiger partial charge in [-0.2, -0.15) is 0 Å². The number of rotatable bonds is 5. The molecule has 3 aliphatic rings. The Balaban J connectivity index is 1.30. The van der Waals surface area contributed by atoms with Crippen LogP contribution in [0.2, 0.25) is 0 Å². The van der Waals surface area contributed by atoms with Crippen LogP contribution in [-0.4, -0.2) is 61.5 Å². The van der Waals surface area contributed by atoms with Crippen LogP contribution in [0.1, 0.15) is 25.7 Å². The molecule has 1 saturated carbocycles. The van der Waals surface area contributed by atoms with Gasteiger partial charge in [0.1, 0.15) is 0 Å². The van der Waals surface area contributed by atoms with E-state index in [0.29, 0.717) is 18.1 Å². The van der Waals surface area contributed by atoms with Crippen LogP contribution >= 0.6 is 0 Å². The fraction of sp³-hybridized carbons (Fsp3) is 0.737. The van der Waals surface area contributed by atoms with E-state index in [4.69, 9.17) is 14.2 Å². The second-order valence-electron chi connectivity index (χ2n) is 7.34. The summed E-state index contributed by atoms with van der Waals surface area (Å²) in [6.45, 7) is 5.78. The average molecular weight is 332 g/mol. The molecule has 3 heterocycles. The molecule has 0 N–H and O–H groups in total. The minimum Gasteiger partial charge on any atom is -0.477 e. The van der Waals surface area contributed by atoms with Crippen LogP contribution in [-0.2, 0) is 9.47 Å². The molecule has 1 aromatic heterocycles. The van der Waals surface area contributed by atoms with Crippen molar-refractivity contribution in [3.05, 3.63) is 24.4 Å². The van der Waals surface area contributed by atoms with Crippen LogP contribution in [0.4, 0.5) is 0 Å². The number of hydrogen-bond acceptors (Lipinski definition) is 5. The predicted octanol–water partition coefficient (Wildman–Crippen LogP) is 2.37. The van der Waals surface area contributed by atoms with Crippen molar-refractivity contribution < 1.29 is 14.2 Å². The first-order valence-corrected chi connectivity index (χ1v) is 9.35. The van der Waals surface area contributed by atoms with E-state index in [1.54, 1.807) is 6.20 Å². The second-order valence-corrected chi connectivity index (χ2v) is 7.34. The fourth-order valence-electron chi connectivity index (χ4n) is 4.38. The van der Waals surface area contributed by atoms with Gasteiger partial charge in [0.15, 0.2) is 0 Å². The molecule has 5 nitrogen and oxygen atoms in total. The smallest absolute Gasteiger partial charge is 0.213 e. The van der Waals surface area contributed by atoms with Gasteiger partial charge in [-0.1, -0.05) is 6.07 Å². The van der Waals surface area contributed by atoms with E-state index in [-0.39, 0.29) is 0 Å². The molecule has 0 radical (unpaired) electrons. The van der Waals surface area contributed by atoms with Gasteiger partial charge in [0.25, 0.3) is 0 Å². The number of aromatic nitrogens is 1. The molecule has 2 saturated heterocycles. The molecule has 0 aromatic carbocycles. The van der Waals surface area contributed by atoms with Gasteiger partial charge < -0.3 is 14.2 Å². The van der Waals surface area contributed by atoms with Crippen LogP contribution in [0.3, 0.4) is 0 Å². The molecule has 2 aliphatic heterocycles. The third-order valence-electron chi connectivity index (χ3n) is 5.69. The van der Waals surface area contributed by atoms with Crippen molar-refractivity contribution in [2.24, 2.45) is 11.8 Å². The molecular weight excluding hydrogens is 304 g/mol. The van der Waals surface area contributed by atoms with Crippen LogP contribution in [0.25, 0.3) is 0 Å². The molecule has 0 amide bonds. The van der Waals surface area contributed by atoms with Gasteiger partial charge in [0, 0.05) is 44.6 Å². The van der Waals surface area contributed by atoms with E-state index >= 15 is 0 Å². The summed E-state index contributed by atoms with van der Waals surface area (Å²) in [7, 11) is 0. The lowest BCUT2D eigenvalue weighted by Gasteiger charge is -2.40. The normalized spacial score (nSPS) is 31.8. The Bertz CT molecular complexity index is 507. The SMILES string of the molecule is c1ccc(OC[C@H]2C[C@@H]3[C@@H](C2)OCCN3CC2CCOCC2)nc1. The molecule has 0 spiro atoms. The zero-order chi connectivity index (χ0) is 16.2. The summed E-state index contributed by atoms with van der Waals surface area (Å²) in [4.78, 5) is 6.93. The summed E-state index contributed by atoms with van der Waals surface area (Å²) < 4.78 is 17.4. The van der Waals surface area contributed by atoms with Crippen molar-refractivity contribution in [3.63, 3.8) is 0 Å². The average Bonchev–Trinajstić information content (AvgIpc) is 3.06. The van der Waals surface area contributed by atoms with Crippen molar-refractivity contribution in [3.8, 4) is 5.88 Å². The molecule has 4 rings (SSSR count). The molecule has 24 heavy (non-hydrogen) atoms. The Kier molecular flexibility index (Phi) is 5.30. The molecule has 1 aliphatic carbocycles. The van der Waals surface area contributed by atoms with Crippen LogP contribution in [0.5, 0.6) is 5.88 Å². The van der Waals surface area contributed by atoms with Gasteiger partial charge in [-0.05, 0) is 43.6 Å². The maximum Gasteiger partial charge on any atom is 0.213 e. The lowest BCUT2D eigenvalue weighted by molar-refractivity contribution is -0.0658.